The summed E-state index contributed by atoms with van der Waals surface area (Å²) in [4.78, 5) is 34.6. The molecule has 0 aliphatic carbocycles. The quantitative estimate of drug-likeness (QED) is 0.514. The number of benzene rings is 2. The summed E-state index contributed by atoms with van der Waals surface area (Å²) >= 11 is 0. The normalized spacial score (nSPS) is 21.8. The molecule has 1 aromatic heterocycles. The van der Waals surface area contributed by atoms with Gasteiger partial charge in [-0.2, -0.15) is 0 Å². The van der Waals surface area contributed by atoms with Crippen LogP contribution in [0.3, 0.4) is 0 Å². The highest BCUT2D eigenvalue weighted by molar-refractivity contribution is 6.01. The van der Waals surface area contributed by atoms with E-state index in [1.807, 2.05) is 43.3 Å². The van der Waals surface area contributed by atoms with Crippen LogP contribution in [0.1, 0.15) is 55.8 Å². The number of rotatable bonds is 7. The van der Waals surface area contributed by atoms with Gasteiger partial charge in [0.15, 0.2) is 17.0 Å². The number of unbranched alkanes of at least 4 members (excludes halogenated alkanes) is 2. The SMILES string of the molecule is CCCCCN1CC(=O)N2C[C@H](c3cccc(OC)c3OC)c3c([nH]c4ccccc34)[C@@]2(C)C1=O. The molecule has 0 saturated carbocycles. The predicted octanol–water partition coefficient (Wildman–Crippen LogP) is 4.41. The summed E-state index contributed by atoms with van der Waals surface area (Å²) in [6.45, 7) is 5.14. The molecule has 3 heterocycles. The standard InChI is InChI=1S/C28H33N3O4/c1-5-6-9-15-30-17-23(32)31-16-20(18-12-10-14-22(34-3)25(18)35-4)24-19-11-7-8-13-21(19)29-26(24)28(31,2)27(30)33/h7-8,10-14,20,29H,5-6,9,15-17H2,1-4H3/t20-,28+/m1/s1. The minimum atomic E-state index is -1.08. The summed E-state index contributed by atoms with van der Waals surface area (Å²) in [6, 6.07) is 13.9. The molecule has 2 aliphatic heterocycles. The lowest BCUT2D eigenvalue weighted by Crippen LogP contribution is -2.67. The fraction of sp³-hybridized carbons (Fsp3) is 0.429. The van der Waals surface area contributed by atoms with Crippen molar-refractivity contribution in [1.29, 1.82) is 0 Å². The van der Waals surface area contributed by atoms with E-state index >= 15 is 0 Å². The number of aromatic amines is 1. The lowest BCUT2D eigenvalue weighted by atomic mass is 9.76. The summed E-state index contributed by atoms with van der Waals surface area (Å²) in [5, 5.41) is 1.06. The molecule has 0 radical (unpaired) electrons. The van der Waals surface area contributed by atoms with Crippen LogP contribution in [0.5, 0.6) is 11.5 Å². The predicted molar refractivity (Wildman–Crippen MR) is 135 cm³/mol. The molecule has 1 saturated heterocycles. The second-order valence-corrected chi connectivity index (χ2v) is 9.60. The molecular formula is C28H33N3O4. The van der Waals surface area contributed by atoms with E-state index in [0.717, 1.165) is 47.0 Å². The molecule has 3 aromatic rings. The summed E-state index contributed by atoms with van der Waals surface area (Å²) in [6.07, 6.45) is 3.00. The number of aromatic nitrogens is 1. The Labute approximate surface area is 206 Å². The number of methoxy groups -OCH3 is 2. The number of carbonyl (C=O) groups excluding carboxylic acids is 2. The molecule has 7 heteroatoms. The van der Waals surface area contributed by atoms with Gasteiger partial charge in [-0.3, -0.25) is 9.59 Å². The Kier molecular flexibility index (Phi) is 5.95. The van der Waals surface area contributed by atoms with Crippen LogP contribution < -0.4 is 9.47 Å². The molecule has 2 aromatic carbocycles. The molecule has 2 atom stereocenters. The van der Waals surface area contributed by atoms with Gasteiger partial charge in [0.25, 0.3) is 5.91 Å². The van der Waals surface area contributed by atoms with E-state index in [2.05, 4.69) is 18.0 Å². The fourth-order valence-corrected chi connectivity index (χ4v) is 5.88. The third-order valence-electron chi connectivity index (χ3n) is 7.66. The van der Waals surface area contributed by atoms with Crippen LogP contribution >= 0.6 is 0 Å². The first kappa shape index (κ1) is 23.3. The van der Waals surface area contributed by atoms with Crippen LogP contribution in [0.4, 0.5) is 0 Å². The summed E-state index contributed by atoms with van der Waals surface area (Å²) < 4.78 is 11.4. The summed E-state index contributed by atoms with van der Waals surface area (Å²) in [5.41, 5.74) is 2.64. The zero-order valence-corrected chi connectivity index (χ0v) is 20.9. The second kappa shape index (κ2) is 8.95. The van der Waals surface area contributed by atoms with E-state index < -0.39 is 5.54 Å². The number of carbonyl (C=O) groups is 2. The molecule has 35 heavy (non-hydrogen) atoms. The number of ether oxygens (including phenoxy) is 2. The Hall–Kier alpha value is -3.48. The van der Waals surface area contributed by atoms with Crippen molar-refractivity contribution in [3.8, 4) is 11.5 Å². The van der Waals surface area contributed by atoms with Gasteiger partial charge < -0.3 is 24.3 Å². The molecule has 0 unspecified atom stereocenters. The van der Waals surface area contributed by atoms with Crippen LogP contribution in [0.15, 0.2) is 42.5 Å². The van der Waals surface area contributed by atoms with Gasteiger partial charge in [-0.05, 0) is 31.0 Å². The number of H-pyrrole nitrogens is 1. The van der Waals surface area contributed by atoms with Crippen molar-refractivity contribution < 1.29 is 19.1 Å². The molecule has 1 fully saturated rings. The van der Waals surface area contributed by atoms with Gasteiger partial charge in [0.2, 0.25) is 5.91 Å². The first-order valence-electron chi connectivity index (χ1n) is 12.4. The van der Waals surface area contributed by atoms with Crippen molar-refractivity contribution in [3.63, 3.8) is 0 Å². The van der Waals surface area contributed by atoms with E-state index in [0.29, 0.717) is 24.6 Å². The third-order valence-corrected chi connectivity index (χ3v) is 7.66. The lowest BCUT2D eigenvalue weighted by molar-refractivity contribution is -0.166. The van der Waals surface area contributed by atoms with Crippen LogP contribution in [0.25, 0.3) is 10.9 Å². The van der Waals surface area contributed by atoms with Crippen LogP contribution in [0.2, 0.25) is 0 Å². The highest BCUT2D eigenvalue weighted by Gasteiger charge is 2.56. The van der Waals surface area contributed by atoms with Gasteiger partial charge in [0.05, 0.1) is 26.5 Å². The maximum Gasteiger partial charge on any atom is 0.254 e. The summed E-state index contributed by atoms with van der Waals surface area (Å²) in [7, 11) is 3.25. The molecule has 0 spiro atoms. The summed E-state index contributed by atoms with van der Waals surface area (Å²) in [5.74, 6) is 1.07. The number of nitrogens with zero attached hydrogens (tertiary/aromatic N) is 2. The Bertz CT molecular complexity index is 1280. The largest absolute Gasteiger partial charge is 0.493 e. The maximum atomic E-state index is 14.0. The zero-order chi connectivity index (χ0) is 24.7. The molecule has 2 amide bonds. The molecule has 7 nitrogen and oxygen atoms in total. The minimum absolute atomic E-state index is 0.0166. The van der Waals surface area contributed by atoms with Crippen molar-refractivity contribution in [2.45, 2.75) is 44.6 Å². The number of piperazine rings is 1. The van der Waals surface area contributed by atoms with Crippen molar-refractivity contribution in [2.24, 2.45) is 0 Å². The van der Waals surface area contributed by atoms with Gasteiger partial charge in [0.1, 0.15) is 0 Å². The van der Waals surface area contributed by atoms with Gasteiger partial charge >= 0.3 is 0 Å². The number of hydrogen-bond acceptors (Lipinski definition) is 4. The monoisotopic (exact) mass is 475 g/mol. The molecule has 2 aliphatic rings. The molecule has 184 valence electrons. The Morgan fingerprint density at radius 1 is 1.06 bits per heavy atom. The average Bonchev–Trinajstić information content (AvgIpc) is 3.27. The van der Waals surface area contributed by atoms with E-state index in [-0.39, 0.29) is 24.3 Å². The Balaban J connectivity index is 1.71. The number of para-hydroxylation sites is 2. The van der Waals surface area contributed by atoms with E-state index in [9.17, 15) is 9.59 Å². The lowest BCUT2D eigenvalue weighted by Gasteiger charge is -2.51. The zero-order valence-electron chi connectivity index (χ0n) is 20.9. The Morgan fingerprint density at radius 3 is 2.60 bits per heavy atom. The van der Waals surface area contributed by atoms with Crippen molar-refractivity contribution in [2.75, 3.05) is 33.9 Å². The van der Waals surface area contributed by atoms with E-state index in [4.69, 9.17) is 9.47 Å². The molecule has 1 N–H and O–H groups in total. The van der Waals surface area contributed by atoms with Crippen molar-refractivity contribution >= 4 is 22.7 Å². The molecule has 5 rings (SSSR count). The number of amides is 2. The number of hydrogen-bond donors (Lipinski definition) is 1. The van der Waals surface area contributed by atoms with E-state index in [1.165, 1.54) is 0 Å². The van der Waals surface area contributed by atoms with Gasteiger partial charge in [-0.25, -0.2) is 0 Å². The first-order chi connectivity index (χ1) is 16.9. The molecular weight excluding hydrogens is 442 g/mol. The fourth-order valence-electron chi connectivity index (χ4n) is 5.88. The van der Waals surface area contributed by atoms with Gasteiger partial charge in [-0.15, -0.1) is 0 Å². The van der Waals surface area contributed by atoms with Crippen LogP contribution in [-0.2, 0) is 15.1 Å². The number of fused-ring (bicyclic) bond motifs is 5. The Morgan fingerprint density at radius 2 is 1.86 bits per heavy atom. The topological polar surface area (TPSA) is 74.9 Å². The maximum absolute atomic E-state index is 14.0. The smallest absolute Gasteiger partial charge is 0.254 e. The number of nitrogens with one attached hydrogen (secondary N) is 1. The average molecular weight is 476 g/mol. The third kappa shape index (κ3) is 3.48. The second-order valence-electron chi connectivity index (χ2n) is 9.60. The minimum Gasteiger partial charge on any atom is -0.493 e. The van der Waals surface area contributed by atoms with Crippen LogP contribution in [-0.4, -0.2) is 60.5 Å². The highest BCUT2D eigenvalue weighted by Crippen LogP contribution is 2.50. The van der Waals surface area contributed by atoms with Crippen LogP contribution in [0, 0.1) is 0 Å². The van der Waals surface area contributed by atoms with Crippen molar-refractivity contribution in [3.05, 3.63) is 59.3 Å². The van der Waals surface area contributed by atoms with E-state index in [1.54, 1.807) is 24.0 Å². The van der Waals surface area contributed by atoms with Gasteiger partial charge in [0, 0.05) is 35.5 Å². The van der Waals surface area contributed by atoms with Gasteiger partial charge in [-0.1, -0.05) is 50.1 Å². The van der Waals surface area contributed by atoms with Crippen molar-refractivity contribution in [1.82, 2.24) is 14.8 Å². The highest BCUT2D eigenvalue weighted by atomic mass is 16.5. The first-order valence-corrected chi connectivity index (χ1v) is 12.4. The molecule has 0 bridgehead atoms.